The Balaban J connectivity index is 1.52. The van der Waals surface area contributed by atoms with Gasteiger partial charge >= 0.3 is 6.03 Å². The van der Waals surface area contributed by atoms with Crippen molar-refractivity contribution in [3.63, 3.8) is 0 Å². The third kappa shape index (κ3) is 4.47. The summed E-state index contributed by atoms with van der Waals surface area (Å²) in [4.78, 5) is 21.9. The molecule has 0 unspecified atom stereocenters. The highest BCUT2D eigenvalue weighted by atomic mass is 35.5. The molecule has 5 rings (SSSR count). The average Bonchev–Trinajstić information content (AvgIpc) is 3.51. The van der Waals surface area contributed by atoms with Crippen LogP contribution in [0.4, 0.5) is 16.4 Å². The summed E-state index contributed by atoms with van der Waals surface area (Å²) >= 11 is 6.49. The van der Waals surface area contributed by atoms with Gasteiger partial charge in [-0.05, 0) is 30.9 Å². The lowest BCUT2D eigenvalue weighted by molar-refractivity contribution is 0.250. The van der Waals surface area contributed by atoms with Crippen molar-refractivity contribution in [2.45, 2.75) is 25.7 Å². The molecule has 9 heteroatoms. The Morgan fingerprint density at radius 2 is 1.85 bits per heavy atom. The number of anilines is 2. The molecule has 1 saturated carbocycles. The predicted molar refractivity (Wildman–Crippen MR) is 131 cm³/mol. The maximum absolute atomic E-state index is 12.5. The van der Waals surface area contributed by atoms with Gasteiger partial charge in [0.2, 0.25) is 0 Å². The van der Waals surface area contributed by atoms with Crippen molar-refractivity contribution < 1.29 is 4.79 Å². The minimum Gasteiger partial charge on any atom is -0.381 e. The van der Waals surface area contributed by atoms with E-state index in [-0.39, 0.29) is 17.7 Å². The second-order valence-corrected chi connectivity index (χ2v) is 8.71. The van der Waals surface area contributed by atoms with E-state index in [1.54, 1.807) is 12.3 Å². The van der Waals surface area contributed by atoms with Crippen molar-refractivity contribution in [3.8, 4) is 22.5 Å². The van der Waals surface area contributed by atoms with Crippen molar-refractivity contribution in [3.05, 3.63) is 53.7 Å². The Kier molecular flexibility index (Phi) is 5.83. The van der Waals surface area contributed by atoms with E-state index in [0.29, 0.717) is 28.9 Å². The van der Waals surface area contributed by atoms with Gasteiger partial charge in [0.1, 0.15) is 0 Å². The van der Waals surface area contributed by atoms with Gasteiger partial charge in [-0.3, -0.25) is 10.4 Å². The van der Waals surface area contributed by atoms with E-state index in [0.717, 1.165) is 34.9 Å². The van der Waals surface area contributed by atoms with Crippen LogP contribution in [-0.2, 0) is 0 Å². The molecule has 1 fully saturated rings. The number of aromatic amines is 1. The molecular formula is C24H24ClN7O. The molecule has 1 aliphatic carbocycles. The molecule has 0 spiro atoms. The highest BCUT2D eigenvalue weighted by Crippen LogP contribution is 2.35. The van der Waals surface area contributed by atoms with E-state index in [1.165, 1.54) is 12.8 Å². The number of fused-ring (bicyclic) bond motifs is 1. The monoisotopic (exact) mass is 461 g/mol. The number of aromatic nitrogens is 4. The number of rotatable bonds is 5. The minimum atomic E-state index is -0.343. The van der Waals surface area contributed by atoms with Crippen LogP contribution in [0.2, 0.25) is 5.02 Å². The second-order valence-electron chi connectivity index (χ2n) is 8.30. The molecular weight excluding hydrogens is 438 g/mol. The zero-order valence-electron chi connectivity index (χ0n) is 17.9. The van der Waals surface area contributed by atoms with Crippen molar-refractivity contribution in [2.75, 3.05) is 17.6 Å². The Hall–Kier alpha value is -3.65. The third-order valence-electron chi connectivity index (χ3n) is 6.00. The van der Waals surface area contributed by atoms with Crippen LogP contribution in [0, 0.1) is 5.92 Å². The van der Waals surface area contributed by atoms with E-state index in [9.17, 15) is 4.79 Å². The van der Waals surface area contributed by atoms with E-state index in [2.05, 4.69) is 25.8 Å². The summed E-state index contributed by atoms with van der Waals surface area (Å²) in [5, 5.41) is 14.0. The van der Waals surface area contributed by atoms with E-state index >= 15 is 0 Å². The lowest BCUT2D eigenvalue weighted by Gasteiger charge is -2.15. The van der Waals surface area contributed by atoms with Gasteiger partial charge in [0.15, 0.2) is 11.6 Å². The van der Waals surface area contributed by atoms with Crippen molar-refractivity contribution in [1.82, 2.24) is 25.5 Å². The van der Waals surface area contributed by atoms with E-state index < -0.39 is 0 Å². The van der Waals surface area contributed by atoms with Crippen LogP contribution in [0.15, 0.2) is 48.7 Å². The molecule has 1 aliphatic rings. The number of nitrogens with two attached hydrogens (primary N) is 1. The van der Waals surface area contributed by atoms with Gasteiger partial charge in [-0.15, -0.1) is 0 Å². The first kappa shape index (κ1) is 21.2. The first-order chi connectivity index (χ1) is 16.1. The first-order valence-electron chi connectivity index (χ1n) is 11.0. The average molecular weight is 462 g/mol. The molecule has 2 amide bonds. The van der Waals surface area contributed by atoms with Gasteiger partial charge < -0.3 is 11.1 Å². The number of benzene rings is 2. The molecule has 0 aliphatic heterocycles. The van der Waals surface area contributed by atoms with Crippen LogP contribution in [0.25, 0.3) is 33.4 Å². The molecule has 2 heterocycles. The van der Waals surface area contributed by atoms with Crippen molar-refractivity contribution in [1.29, 1.82) is 0 Å². The molecule has 33 heavy (non-hydrogen) atoms. The SMILES string of the molecule is Nc1nc(-c2ccccc2)c(-c2cc(Cl)c3[nH]ncc3c2)nc1NC(=O)NCC1CCCC1. The Morgan fingerprint density at radius 3 is 2.64 bits per heavy atom. The van der Waals surface area contributed by atoms with Crippen molar-refractivity contribution >= 4 is 40.2 Å². The number of H-pyrrole nitrogens is 1. The van der Waals surface area contributed by atoms with Gasteiger partial charge in [-0.25, -0.2) is 14.8 Å². The zero-order valence-corrected chi connectivity index (χ0v) is 18.7. The number of hydrogen-bond donors (Lipinski definition) is 4. The number of urea groups is 1. The molecule has 2 aromatic heterocycles. The summed E-state index contributed by atoms with van der Waals surface area (Å²) in [5.41, 5.74) is 9.73. The highest BCUT2D eigenvalue weighted by molar-refractivity contribution is 6.35. The summed E-state index contributed by atoms with van der Waals surface area (Å²) in [7, 11) is 0. The van der Waals surface area contributed by atoms with E-state index in [4.69, 9.17) is 22.3 Å². The Morgan fingerprint density at radius 1 is 1.09 bits per heavy atom. The molecule has 0 bridgehead atoms. The fourth-order valence-corrected chi connectivity index (χ4v) is 4.56. The van der Waals surface area contributed by atoms with E-state index in [1.807, 2.05) is 36.4 Å². The lowest BCUT2D eigenvalue weighted by atomic mass is 10.0. The lowest BCUT2D eigenvalue weighted by Crippen LogP contribution is -2.33. The van der Waals surface area contributed by atoms with Crippen LogP contribution < -0.4 is 16.4 Å². The van der Waals surface area contributed by atoms with Crippen LogP contribution in [0.1, 0.15) is 25.7 Å². The number of amides is 2. The second kappa shape index (κ2) is 9.07. The summed E-state index contributed by atoms with van der Waals surface area (Å²) in [6.45, 7) is 0.640. The zero-order chi connectivity index (χ0) is 22.8. The number of carbonyl (C=O) groups is 1. The number of hydrogen-bond acceptors (Lipinski definition) is 5. The standard InChI is InChI=1S/C24H24ClN7O/c25-18-11-16(10-17-13-28-32-19(17)18)21-20(15-8-2-1-3-9-15)29-22(26)23(30-21)31-24(33)27-12-14-6-4-5-7-14/h1-3,8-11,13-14H,4-7,12H2,(H2,26,29)(H,28,32)(H2,27,30,31,33). The molecule has 168 valence electrons. The number of nitrogen functional groups attached to an aromatic ring is 1. The molecule has 0 radical (unpaired) electrons. The normalized spacial score (nSPS) is 14.0. The number of nitrogens with zero attached hydrogens (tertiary/aromatic N) is 3. The summed E-state index contributed by atoms with van der Waals surface area (Å²) in [6, 6.07) is 13.0. The fourth-order valence-electron chi connectivity index (χ4n) is 4.29. The smallest absolute Gasteiger partial charge is 0.320 e. The number of halogens is 1. The molecule has 0 saturated heterocycles. The molecule has 8 nitrogen and oxygen atoms in total. The van der Waals surface area contributed by atoms with Gasteiger partial charge in [-0.1, -0.05) is 54.8 Å². The third-order valence-corrected chi connectivity index (χ3v) is 6.30. The Bertz CT molecular complexity index is 1300. The maximum Gasteiger partial charge on any atom is 0.320 e. The van der Waals surface area contributed by atoms with Crippen LogP contribution in [0.5, 0.6) is 0 Å². The van der Waals surface area contributed by atoms with Crippen LogP contribution in [0.3, 0.4) is 0 Å². The first-order valence-corrected chi connectivity index (χ1v) is 11.4. The highest BCUT2D eigenvalue weighted by Gasteiger charge is 2.20. The van der Waals surface area contributed by atoms with Gasteiger partial charge in [0.25, 0.3) is 0 Å². The summed E-state index contributed by atoms with van der Waals surface area (Å²) in [5.74, 6) is 0.875. The topological polar surface area (TPSA) is 122 Å². The van der Waals surface area contributed by atoms with Gasteiger partial charge in [0.05, 0.1) is 28.1 Å². The van der Waals surface area contributed by atoms with Crippen molar-refractivity contribution in [2.24, 2.45) is 5.92 Å². The quantitative estimate of drug-likeness (QED) is 0.324. The number of nitrogens with one attached hydrogen (secondary N) is 3. The molecule has 2 aromatic carbocycles. The molecule has 0 atom stereocenters. The van der Waals surface area contributed by atoms with Crippen LogP contribution >= 0.6 is 11.6 Å². The van der Waals surface area contributed by atoms with Gasteiger partial charge in [-0.2, -0.15) is 5.10 Å². The number of carbonyl (C=O) groups excluding carboxylic acids is 1. The largest absolute Gasteiger partial charge is 0.381 e. The van der Waals surface area contributed by atoms with Gasteiger partial charge in [0, 0.05) is 23.1 Å². The Labute approximate surface area is 196 Å². The minimum absolute atomic E-state index is 0.143. The summed E-state index contributed by atoms with van der Waals surface area (Å²) < 4.78 is 0. The van der Waals surface area contributed by atoms with Crippen LogP contribution in [-0.4, -0.2) is 32.7 Å². The fraction of sp³-hybridized carbons (Fsp3) is 0.250. The molecule has 5 N–H and O–H groups in total. The molecule has 4 aromatic rings. The summed E-state index contributed by atoms with van der Waals surface area (Å²) in [6.07, 6.45) is 6.44. The predicted octanol–water partition coefficient (Wildman–Crippen LogP) is 5.23. The maximum atomic E-state index is 12.5.